The molecule has 1 heterocycles. The van der Waals surface area contributed by atoms with Gasteiger partial charge in [0.1, 0.15) is 5.82 Å². The topological polar surface area (TPSA) is 12.0 Å². The van der Waals surface area contributed by atoms with Crippen molar-refractivity contribution in [1.82, 2.24) is 5.32 Å². The van der Waals surface area contributed by atoms with Crippen molar-refractivity contribution in [2.75, 3.05) is 0 Å². The second-order valence-corrected chi connectivity index (χ2v) is 6.51. The smallest absolute Gasteiger partial charge is 0.141 e. The lowest BCUT2D eigenvalue weighted by Crippen LogP contribution is -2.11. The van der Waals surface area contributed by atoms with E-state index >= 15 is 0 Å². The molecule has 2 aromatic rings. The van der Waals surface area contributed by atoms with Crippen molar-refractivity contribution in [3.63, 3.8) is 0 Å². The zero-order valence-electron chi connectivity index (χ0n) is 8.84. The Labute approximate surface area is 117 Å². The Kier molecular flexibility index (Phi) is 4.56. The highest BCUT2D eigenvalue weighted by Gasteiger charge is 2.01. The highest BCUT2D eigenvalue weighted by Crippen LogP contribution is 2.22. The van der Waals surface area contributed by atoms with Crippen LogP contribution in [0.25, 0.3) is 0 Å². The zero-order chi connectivity index (χ0) is 12.3. The minimum atomic E-state index is -0.377. The number of thiophene rings is 1. The van der Waals surface area contributed by atoms with Crippen LogP contribution in [0.15, 0.2) is 34.1 Å². The molecule has 17 heavy (non-hydrogen) atoms. The van der Waals surface area contributed by atoms with E-state index < -0.39 is 0 Å². The molecule has 1 aromatic heterocycles. The van der Waals surface area contributed by atoms with Gasteiger partial charge in [0.05, 0.1) is 8.81 Å². The highest BCUT2D eigenvalue weighted by molar-refractivity contribution is 9.11. The Morgan fingerprint density at radius 1 is 1.24 bits per heavy atom. The van der Waals surface area contributed by atoms with Crippen LogP contribution in [0, 0.1) is 5.82 Å². The van der Waals surface area contributed by atoms with Gasteiger partial charge in [-0.2, -0.15) is 0 Å². The third kappa shape index (κ3) is 3.78. The molecule has 0 saturated heterocycles. The van der Waals surface area contributed by atoms with Gasteiger partial charge < -0.3 is 5.32 Å². The van der Waals surface area contributed by atoms with Gasteiger partial charge in [-0.15, -0.1) is 11.3 Å². The maximum absolute atomic E-state index is 12.9. The Bertz CT molecular complexity index is 515. The molecule has 0 atom stereocenters. The van der Waals surface area contributed by atoms with Crippen molar-refractivity contribution in [1.29, 1.82) is 0 Å². The van der Waals surface area contributed by atoms with E-state index in [-0.39, 0.29) is 10.8 Å². The van der Waals surface area contributed by atoms with Crippen LogP contribution in [0.2, 0.25) is 5.02 Å². The van der Waals surface area contributed by atoms with Gasteiger partial charge in [-0.1, -0.05) is 17.7 Å². The second kappa shape index (κ2) is 5.96. The summed E-state index contributed by atoms with van der Waals surface area (Å²) in [4.78, 5) is 1.25. The van der Waals surface area contributed by atoms with E-state index in [0.717, 1.165) is 15.9 Å². The molecule has 90 valence electrons. The number of rotatable bonds is 4. The van der Waals surface area contributed by atoms with Crippen LogP contribution in [-0.4, -0.2) is 0 Å². The van der Waals surface area contributed by atoms with Crippen molar-refractivity contribution < 1.29 is 4.39 Å². The molecule has 0 saturated carbocycles. The maximum Gasteiger partial charge on any atom is 0.141 e. The van der Waals surface area contributed by atoms with Gasteiger partial charge in [0.25, 0.3) is 0 Å². The summed E-state index contributed by atoms with van der Waals surface area (Å²) in [5, 5.41) is 3.46. The number of nitrogens with one attached hydrogen (secondary N) is 1. The molecule has 1 nitrogen and oxygen atoms in total. The van der Waals surface area contributed by atoms with Gasteiger partial charge in [0.2, 0.25) is 0 Å². The minimum absolute atomic E-state index is 0.170. The molecule has 0 fully saturated rings. The minimum Gasteiger partial charge on any atom is -0.308 e. The Morgan fingerprint density at radius 3 is 2.71 bits per heavy atom. The SMILES string of the molecule is Fc1ccc(CNCc2ccc(Br)s2)cc1Cl. The van der Waals surface area contributed by atoms with Gasteiger partial charge in [0, 0.05) is 18.0 Å². The van der Waals surface area contributed by atoms with E-state index in [9.17, 15) is 4.39 Å². The summed E-state index contributed by atoms with van der Waals surface area (Å²) < 4.78 is 14.1. The van der Waals surface area contributed by atoms with Crippen LogP contribution in [-0.2, 0) is 13.1 Å². The first-order chi connectivity index (χ1) is 8.15. The van der Waals surface area contributed by atoms with Crippen LogP contribution >= 0.6 is 38.9 Å². The molecule has 1 aromatic carbocycles. The van der Waals surface area contributed by atoms with E-state index in [4.69, 9.17) is 11.6 Å². The molecule has 0 bridgehead atoms. The second-order valence-electron chi connectivity index (χ2n) is 3.56. The number of hydrogen-bond donors (Lipinski definition) is 1. The number of benzene rings is 1. The van der Waals surface area contributed by atoms with Crippen LogP contribution < -0.4 is 5.32 Å². The maximum atomic E-state index is 12.9. The average Bonchev–Trinajstić information content (AvgIpc) is 2.70. The normalized spacial score (nSPS) is 10.8. The average molecular weight is 335 g/mol. The first kappa shape index (κ1) is 13.0. The standard InChI is InChI=1S/C12H10BrClFNS/c13-12-4-2-9(17-12)7-16-6-8-1-3-11(15)10(14)5-8/h1-5,16H,6-7H2. The molecule has 2 rings (SSSR count). The summed E-state index contributed by atoms with van der Waals surface area (Å²) in [6, 6.07) is 8.86. The predicted octanol–water partition coefficient (Wildman–Crippen LogP) is 4.59. The van der Waals surface area contributed by atoms with Crippen LogP contribution in [0.4, 0.5) is 4.39 Å². The van der Waals surface area contributed by atoms with Crippen LogP contribution in [0.1, 0.15) is 10.4 Å². The molecule has 0 aliphatic heterocycles. The van der Waals surface area contributed by atoms with Crippen molar-refractivity contribution in [2.24, 2.45) is 0 Å². The van der Waals surface area contributed by atoms with Gasteiger partial charge in [-0.3, -0.25) is 0 Å². The number of halogens is 3. The summed E-state index contributed by atoms with van der Waals surface area (Å²) in [5.74, 6) is -0.377. The summed E-state index contributed by atoms with van der Waals surface area (Å²) in [6.07, 6.45) is 0. The fraction of sp³-hybridized carbons (Fsp3) is 0.167. The van der Waals surface area contributed by atoms with E-state index in [2.05, 4.69) is 27.3 Å². The zero-order valence-corrected chi connectivity index (χ0v) is 12.0. The summed E-state index contributed by atoms with van der Waals surface area (Å²) in [6.45, 7) is 1.47. The lowest BCUT2D eigenvalue weighted by Gasteiger charge is -2.04. The lowest BCUT2D eigenvalue weighted by molar-refractivity contribution is 0.625. The molecule has 0 radical (unpaired) electrons. The van der Waals surface area contributed by atoms with Crippen LogP contribution in [0.5, 0.6) is 0 Å². The first-order valence-corrected chi connectivity index (χ1v) is 7.03. The third-order valence-electron chi connectivity index (χ3n) is 2.24. The van der Waals surface area contributed by atoms with E-state index in [0.29, 0.717) is 6.54 Å². The van der Waals surface area contributed by atoms with Gasteiger partial charge in [-0.25, -0.2) is 4.39 Å². The first-order valence-electron chi connectivity index (χ1n) is 5.04. The molecule has 0 aliphatic rings. The van der Waals surface area contributed by atoms with Gasteiger partial charge in [0.15, 0.2) is 0 Å². The molecule has 0 aliphatic carbocycles. The molecule has 0 spiro atoms. The highest BCUT2D eigenvalue weighted by atomic mass is 79.9. The fourth-order valence-electron chi connectivity index (χ4n) is 1.43. The predicted molar refractivity (Wildman–Crippen MR) is 74.0 cm³/mol. The van der Waals surface area contributed by atoms with E-state index in [1.165, 1.54) is 10.9 Å². The third-order valence-corrected chi connectivity index (χ3v) is 4.15. The monoisotopic (exact) mass is 333 g/mol. The molecular formula is C12H10BrClFNS. The van der Waals surface area contributed by atoms with Crippen molar-refractivity contribution in [2.45, 2.75) is 13.1 Å². The Morgan fingerprint density at radius 2 is 2.06 bits per heavy atom. The largest absolute Gasteiger partial charge is 0.308 e. The van der Waals surface area contributed by atoms with Gasteiger partial charge >= 0.3 is 0 Å². The Hall–Kier alpha value is -0.420. The van der Waals surface area contributed by atoms with Crippen molar-refractivity contribution in [3.8, 4) is 0 Å². The van der Waals surface area contributed by atoms with E-state index in [1.54, 1.807) is 23.5 Å². The molecule has 5 heteroatoms. The summed E-state index contributed by atoms with van der Waals surface area (Å²) in [7, 11) is 0. The quantitative estimate of drug-likeness (QED) is 0.862. The van der Waals surface area contributed by atoms with E-state index in [1.807, 2.05) is 6.07 Å². The lowest BCUT2D eigenvalue weighted by atomic mass is 10.2. The molecule has 0 unspecified atom stereocenters. The summed E-state index contributed by atoms with van der Waals surface area (Å²) in [5.41, 5.74) is 0.979. The number of hydrogen-bond acceptors (Lipinski definition) is 2. The fourth-order valence-corrected chi connectivity index (χ4v) is 3.08. The molecular weight excluding hydrogens is 325 g/mol. The van der Waals surface area contributed by atoms with Gasteiger partial charge in [-0.05, 0) is 45.8 Å². The van der Waals surface area contributed by atoms with Crippen molar-refractivity contribution in [3.05, 3.63) is 55.4 Å². The molecule has 0 amide bonds. The Balaban J connectivity index is 1.87. The summed E-state index contributed by atoms with van der Waals surface area (Å²) >= 11 is 10.8. The molecule has 1 N–H and O–H groups in total. The van der Waals surface area contributed by atoms with Crippen molar-refractivity contribution >= 4 is 38.9 Å². The van der Waals surface area contributed by atoms with Crippen LogP contribution in [0.3, 0.4) is 0 Å².